The van der Waals surface area contributed by atoms with E-state index in [-0.39, 0.29) is 12.4 Å². The first kappa shape index (κ1) is 16.4. The highest BCUT2D eigenvalue weighted by atomic mass is 35.5. The Morgan fingerprint density at radius 2 is 1.75 bits per heavy atom. The number of rotatable bonds is 3. The number of benzene rings is 1. The maximum Gasteiger partial charge on any atom is 0.0455 e. The first-order valence-corrected chi connectivity index (χ1v) is 8.06. The molecule has 1 nitrogen and oxygen atoms in total. The number of halogens is 3. The summed E-state index contributed by atoms with van der Waals surface area (Å²) < 4.78 is 0. The van der Waals surface area contributed by atoms with E-state index in [4.69, 9.17) is 23.2 Å². The fourth-order valence-electron chi connectivity index (χ4n) is 4.36. The summed E-state index contributed by atoms with van der Waals surface area (Å²) in [4.78, 5) is 0. The molecule has 112 valence electrons. The van der Waals surface area contributed by atoms with E-state index in [0.717, 1.165) is 34.3 Å². The summed E-state index contributed by atoms with van der Waals surface area (Å²) >= 11 is 12.5. The maximum absolute atomic E-state index is 6.46. The lowest BCUT2D eigenvalue weighted by Crippen LogP contribution is -2.42. The molecule has 1 aromatic carbocycles. The minimum atomic E-state index is 0. The van der Waals surface area contributed by atoms with Crippen LogP contribution in [0.2, 0.25) is 10.0 Å². The molecule has 4 rings (SSSR count). The zero-order chi connectivity index (χ0) is 13.4. The lowest BCUT2D eigenvalue weighted by atomic mass is 9.57. The predicted octanol–water partition coefficient (Wildman–Crippen LogP) is 5.15. The van der Waals surface area contributed by atoms with Gasteiger partial charge in [-0.1, -0.05) is 29.3 Å². The third kappa shape index (κ3) is 2.97. The quantitative estimate of drug-likeness (QED) is 0.805. The van der Waals surface area contributed by atoms with Crippen molar-refractivity contribution in [2.75, 3.05) is 13.6 Å². The molecule has 0 aromatic heterocycles. The van der Waals surface area contributed by atoms with Gasteiger partial charge in [0.2, 0.25) is 0 Å². The molecular formula is C16H22Cl3N. The maximum atomic E-state index is 6.46. The SMILES string of the molecule is CNC[C@@H]1C2CCC(CC2)[C@@H]1c1ccc(Cl)cc1Cl.Cl. The van der Waals surface area contributed by atoms with E-state index in [1.807, 2.05) is 12.1 Å². The van der Waals surface area contributed by atoms with E-state index < -0.39 is 0 Å². The molecule has 2 atom stereocenters. The van der Waals surface area contributed by atoms with Crippen molar-refractivity contribution in [3.05, 3.63) is 33.8 Å². The van der Waals surface area contributed by atoms with Gasteiger partial charge in [-0.25, -0.2) is 0 Å². The fourth-order valence-corrected chi connectivity index (χ4v) is 4.90. The van der Waals surface area contributed by atoms with Crippen molar-refractivity contribution in [1.29, 1.82) is 0 Å². The van der Waals surface area contributed by atoms with Gasteiger partial charge in [-0.3, -0.25) is 0 Å². The summed E-state index contributed by atoms with van der Waals surface area (Å²) in [5, 5.41) is 4.97. The molecule has 3 saturated carbocycles. The summed E-state index contributed by atoms with van der Waals surface area (Å²) in [7, 11) is 2.06. The summed E-state index contributed by atoms with van der Waals surface area (Å²) in [6, 6.07) is 6.04. The molecule has 0 heterocycles. The molecule has 20 heavy (non-hydrogen) atoms. The normalized spacial score (nSPS) is 31.9. The van der Waals surface area contributed by atoms with Crippen LogP contribution in [-0.4, -0.2) is 13.6 Å². The van der Waals surface area contributed by atoms with Gasteiger partial charge in [-0.05, 0) is 80.6 Å². The van der Waals surface area contributed by atoms with Gasteiger partial charge in [-0.2, -0.15) is 0 Å². The van der Waals surface area contributed by atoms with Crippen molar-refractivity contribution in [3.8, 4) is 0 Å². The van der Waals surface area contributed by atoms with Crippen LogP contribution in [-0.2, 0) is 0 Å². The lowest BCUT2D eigenvalue weighted by Gasteiger charge is -2.49. The zero-order valence-corrected chi connectivity index (χ0v) is 14.1. The van der Waals surface area contributed by atoms with Gasteiger partial charge >= 0.3 is 0 Å². The van der Waals surface area contributed by atoms with Crippen molar-refractivity contribution >= 4 is 35.6 Å². The minimum Gasteiger partial charge on any atom is -0.319 e. The Hall–Kier alpha value is 0.0500. The van der Waals surface area contributed by atoms with Crippen LogP contribution in [0.4, 0.5) is 0 Å². The smallest absolute Gasteiger partial charge is 0.0455 e. The molecule has 3 aliphatic rings. The molecule has 0 unspecified atom stereocenters. The van der Waals surface area contributed by atoms with Crippen LogP contribution in [0.5, 0.6) is 0 Å². The van der Waals surface area contributed by atoms with Gasteiger partial charge in [0.25, 0.3) is 0 Å². The fraction of sp³-hybridized carbons (Fsp3) is 0.625. The van der Waals surface area contributed by atoms with Crippen LogP contribution in [0.3, 0.4) is 0 Å². The lowest BCUT2D eigenvalue weighted by molar-refractivity contribution is 0.0688. The second kappa shape index (κ2) is 6.87. The van der Waals surface area contributed by atoms with E-state index in [1.54, 1.807) is 0 Å². The van der Waals surface area contributed by atoms with E-state index in [9.17, 15) is 0 Å². The Kier molecular flexibility index (Phi) is 5.64. The highest BCUT2D eigenvalue weighted by molar-refractivity contribution is 6.35. The minimum absolute atomic E-state index is 0. The highest BCUT2D eigenvalue weighted by Crippen LogP contribution is 2.54. The molecule has 3 fully saturated rings. The largest absolute Gasteiger partial charge is 0.319 e. The van der Waals surface area contributed by atoms with Crippen LogP contribution < -0.4 is 5.32 Å². The van der Waals surface area contributed by atoms with Crippen molar-refractivity contribution in [2.24, 2.45) is 17.8 Å². The van der Waals surface area contributed by atoms with Crippen LogP contribution in [0.25, 0.3) is 0 Å². The first-order chi connectivity index (χ1) is 9.20. The van der Waals surface area contributed by atoms with Gasteiger partial charge in [0.15, 0.2) is 0 Å². The summed E-state index contributed by atoms with van der Waals surface area (Å²) in [6.07, 6.45) is 5.54. The van der Waals surface area contributed by atoms with Gasteiger partial charge in [0.05, 0.1) is 0 Å². The molecule has 1 N–H and O–H groups in total. The second-order valence-corrected chi connectivity index (χ2v) is 6.93. The molecule has 0 radical (unpaired) electrons. The standard InChI is InChI=1S/C16H21Cl2N.ClH/c1-19-9-14-10-2-4-11(5-3-10)16(14)13-7-6-12(17)8-15(13)18;/h6-8,10-11,14,16,19H,2-5,9H2,1H3;1H/t10?,11?,14-,16-;/m1./s1. The predicted molar refractivity (Wildman–Crippen MR) is 89.3 cm³/mol. The average Bonchev–Trinajstić information content (AvgIpc) is 2.41. The van der Waals surface area contributed by atoms with E-state index in [0.29, 0.717) is 5.92 Å². The van der Waals surface area contributed by atoms with Gasteiger partial charge in [-0.15, -0.1) is 12.4 Å². The number of fused-ring (bicyclic) bond motifs is 3. The third-order valence-electron chi connectivity index (χ3n) is 5.15. The monoisotopic (exact) mass is 333 g/mol. The van der Waals surface area contributed by atoms with Crippen molar-refractivity contribution in [1.82, 2.24) is 5.32 Å². The van der Waals surface area contributed by atoms with Crippen LogP contribution in [0.15, 0.2) is 18.2 Å². The Balaban J connectivity index is 0.00000147. The Morgan fingerprint density at radius 3 is 2.35 bits per heavy atom. The summed E-state index contributed by atoms with van der Waals surface area (Å²) in [5.41, 5.74) is 1.32. The Bertz CT molecular complexity index is 455. The number of nitrogens with one attached hydrogen (secondary N) is 1. The zero-order valence-electron chi connectivity index (χ0n) is 11.7. The molecule has 0 amide bonds. The van der Waals surface area contributed by atoms with Crippen LogP contribution in [0, 0.1) is 17.8 Å². The molecule has 0 saturated heterocycles. The highest BCUT2D eigenvalue weighted by Gasteiger charge is 2.44. The third-order valence-corrected chi connectivity index (χ3v) is 5.71. The van der Waals surface area contributed by atoms with Crippen molar-refractivity contribution in [3.63, 3.8) is 0 Å². The molecule has 4 heteroatoms. The topological polar surface area (TPSA) is 12.0 Å². The number of hydrogen-bond acceptors (Lipinski definition) is 1. The van der Waals surface area contributed by atoms with Gasteiger partial charge in [0, 0.05) is 10.0 Å². The Morgan fingerprint density at radius 1 is 1.10 bits per heavy atom. The van der Waals surface area contributed by atoms with E-state index >= 15 is 0 Å². The van der Waals surface area contributed by atoms with Gasteiger partial charge in [0.1, 0.15) is 0 Å². The van der Waals surface area contributed by atoms with E-state index in [2.05, 4.69) is 18.4 Å². The van der Waals surface area contributed by atoms with Crippen LogP contribution in [0.1, 0.15) is 37.2 Å². The van der Waals surface area contributed by atoms with Crippen molar-refractivity contribution < 1.29 is 0 Å². The first-order valence-electron chi connectivity index (χ1n) is 7.30. The Labute approximate surface area is 137 Å². The summed E-state index contributed by atoms with van der Waals surface area (Å²) in [6.45, 7) is 1.10. The molecule has 1 aromatic rings. The van der Waals surface area contributed by atoms with E-state index in [1.165, 1.54) is 31.2 Å². The number of hydrogen-bond donors (Lipinski definition) is 1. The molecular weight excluding hydrogens is 313 g/mol. The molecule has 0 spiro atoms. The average molecular weight is 335 g/mol. The summed E-state index contributed by atoms with van der Waals surface area (Å²) in [5.74, 6) is 3.03. The molecule has 2 bridgehead atoms. The van der Waals surface area contributed by atoms with Crippen LogP contribution >= 0.6 is 35.6 Å². The van der Waals surface area contributed by atoms with Crippen molar-refractivity contribution in [2.45, 2.75) is 31.6 Å². The second-order valence-electron chi connectivity index (χ2n) is 6.09. The van der Waals surface area contributed by atoms with Gasteiger partial charge < -0.3 is 5.32 Å². The molecule has 0 aliphatic heterocycles. The molecule has 3 aliphatic carbocycles.